The van der Waals surface area contributed by atoms with Crippen LogP contribution in [0.5, 0.6) is 0 Å². The zero-order valence-corrected chi connectivity index (χ0v) is 9.86. The van der Waals surface area contributed by atoms with E-state index in [1.165, 1.54) is 6.26 Å². The van der Waals surface area contributed by atoms with Crippen LogP contribution < -0.4 is 5.32 Å². The van der Waals surface area contributed by atoms with Gasteiger partial charge in [0.15, 0.2) is 5.69 Å². The smallest absolute Gasteiger partial charge is 0.274 e. The fourth-order valence-corrected chi connectivity index (χ4v) is 1.57. The molecule has 0 fully saturated rings. The first-order chi connectivity index (χ1) is 8.18. The Balaban J connectivity index is 2.02. The summed E-state index contributed by atoms with van der Waals surface area (Å²) >= 11 is 0. The van der Waals surface area contributed by atoms with Crippen molar-refractivity contribution in [1.82, 2.24) is 10.5 Å². The Morgan fingerprint density at radius 3 is 2.71 bits per heavy atom. The van der Waals surface area contributed by atoms with Crippen LogP contribution in [0, 0.1) is 13.8 Å². The summed E-state index contributed by atoms with van der Waals surface area (Å²) in [4.78, 5) is 11.8. The van der Waals surface area contributed by atoms with Crippen LogP contribution in [0.15, 0.2) is 35.1 Å². The molecule has 4 nitrogen and oxygen atoms in total. The average molecular weight is 230 g/mol. The minimum absolute atomic E-state index is 0.209. The third-order valence-corrected chi connectivity index (χ3v) is 2.66. The number of carbonyl (C=O) groups is 1. The number of aryl methyl sites for hydroxylation is 2. The molecule has 1 aromatic heterocycles. The summed E-state index contributed by atoms with van der Waals surface area (Å²) in [5, 5.41) is 6.48. The Bertz CT molecular complexity index is 532. The van der Waals surface area contributed by atoms with Gasteiger partial charge in [0.2, 0.25) is 0 Å². The summed E-state index contributed by atoms with van der Waals surface area (Å²) < 4.78 is 4.73. The molecule has 0 radical (unpaired) electrons. The molecule has 0 bridgehead atoms. The summed E-state index contributed by atoms with van der Waals surface area (Å²) in [5.74, 6) is -0.209. The molecule has 88 valence electrons. The van der Waals surface area contributed by atoms with Gasteiger partial charge in [-0.25, -0.2) is 0 Å². The van der Waals surface area contributed by atoms with Gasteiger partial charge in [-0.3, -0.25) is 4.79 Å². The van der Waals surface area contributed by atoms with Crippen LogP contribution >= 0.6 is 0 Å². The highest BCUT2D eigenvalue weighted by Crippen LogP contribution is 2.08. The average Bonchev–Trinajstić information content (AvgIpc) is 2.74. The summed E-state index contributed by atoms with van der Waals surface area (Å²) in [7, 11) is 0. The van der Waals surface area contributed by atoms with Crippen molar-refractivity contribution >= 4 is 5.91 Å². The van der Waals surface area contributed by atoms with E-state index in [4.69, 9.17) is 4.52 Å². The fourth-order valence-electron chi connectivity index (χ4n) is 1.57. The topological polar surface area (TPSA) is 55.1 Å². The van der Waals surface area contributed by atoms with E-state index in [0.717, 1.165) is 16.7 Å². The number of aromatic nitrogens is 1. The molecule has 0 unspecified atom stereocenters. The van der Waals surface area contributed by atoms with E-state index in [9.17, 15) is 4.79 Å². The van der Waals surface area contributed by atoms with Gasteiger partial charge in [0.05, 0.1) is 0 Å². The van der Waals surface area contributed by atoms with Crippen molar-refractivity contribution in [3.05, 3.63) is 52.9 Å². The van der Waals surface area contributed by atoms with Crippen LogP contribution in [0.4, 0.5) is 0 Å². The largest absolute Gasteiger partial charge is 0.364 e. The van der Waals surface area contributed by atoms with Crippen LogP contribution in [0.25, 0.3) is 0 Å². The first kappa shape index (κ1) is 11.4. The van der Waals surface area contributed by atoms with Gasteiger partial charge in [0.1, 0.15) is 6.26 Å². The number of hydrogen-bond acceptors (Lipinski definition) is 3. The van der Waals surface area contributed by atoms with Gasteiger partial charge in [-0.2, -0.15) is 0 Å². The highest BCUT2D eigenvalue weighted by molar-refractivity contribution is 5.93. The molecule has 0 aliphatic rings. The lowest BCUT2D eigenvalue weighted by atomic mass is 10.1. The molecular formula is C13H14N2O2. The van der Waals surface area contributed by atoms with E-state index >= 15 is 0 Å². The lowest BCUT2D eigenvalue weighted by molar-refractivity contribution is 0.0941. The van der Waals surface area contributed by atoms with E-state index in [1.54, 1.807) is 6.92 Å². The fraction of sp³-hybridized carbons (Fsp3) is 0.231. The zero-order valence-electron chi connectivity index (χ0n) is 9.86. The van der Waals surface area contributed by atoms with Gasteiger partial charge in [0, 0.05) is 12.1 Å². The number of rotatable bonds is 3. The third kappa shape index (κ3) is 2.53. The first-order valence-corrected chi connectivity index (χ1v) is 5.42. The molecule has 0 saturated carbocycles. The second-order valence-corrected chi connectivity index (χ2v) is 3.96. The van der Waals surface area contributed by atoms with Crippen molar-refractivity contribution in [1.29, 1.82) is 0 Å². The molecule has 2 rings (SSSR count). The molecule has 1 N–H and O–H groups in total. The van der Waals surface area contributed by atoms with Crippen LogP contribution in [0.3, 0.4) is 0 Å². The molecule has 1 amide bonds. The molecule has 2 aromatic rings. The number of nitrogens with one attached hydrogen (secondary N) is 1. The molecule has 17 heavy (non-hydrogen) atoms. The van der Waals surface area contributed by atoms with Crippen molar-refractivity contribution in [2.45, 2.75) is 20.4 Å². The third-order valence-electron chi connectivity index (χ3n) is 2.66. The summed E-state index contributed by atoms with van der Waals surface area (Å²) in [6.07, 6.45) is 1.46. The maximum Gasteiger partial charge on any atom is 0.274 e. The maximum atomic E-state index is 11.8. The molecule has 0 atom stereocenters. The second kappa shape index (κ2) is 4.82. The van der Waals surface area contributed by atoms with Crippen LogP contribution in [-0.2, 0) is 6.54 Å². The van der Waals surface area contributed by atoms with Crippen molar-refractivity contribution in [2.24, 2.45) is 0 Å². The standard InChI is InChI=1S/C13H14N2O2/c1-9-5-3-4-6-11(9)7-14-13(16)12-10(2)8-17-15-12/h3-6,8H,7H2,1-2H3,(H,14,16). The van der Waals surface area contributed by atoms with E-state index in [2.05, 4.69) is 10.5 Å². The second-order valence-electron chi connectivity index (χ2n) is 3.96. The summed E-state index contributed by atoms with van der Waals surface area (Å²) in [6, 6.07) is 7.94. The lowest BCUT2D eigenvalue weighted by Gasteiger charge is -2.06. The Kier molecular flexibility index (Phi) is 3.23. The molecule has 0 aliphatic heterocycles. The Morgan fingerprint density at radius 2 is 2.06 bits per heavy atom. The molecule has 1 aromatic carbocycles. The SMILES string of the molecule is Cc1ccccc1CNC(=O)c1nocc1C. The Morgan fingerprint density at radius 1 is 1.29 bits per heavy atom. The Labute approximate surface area is 99.6 Å². The molecule has 1 heterocycles. The molecule has 4 heteroatoms. The van der Waals surface area contributed by atoms with E-state index in [0.29, 0.717) is 12.2 Å². The van der Waals surface area contributed by atoms with E-state index in [-0.39, 0.29) is 5.91 Å². The normalized spacial score (nSPS) is 10.2. The first-order valence-electron chi connectivity index (χ1n) is 5.42. The maximum absolute atomic E-state index is 11.8. The highest BCUT2D eigenvalue weighted by Gasteiger charge is 2.12. The number of benzene rings is 1. The van der Waals surface area contributed by atoms with Gasteiger partial charge in [-0.15, -0.1) is 0 Å². The molecule has 0 saturated heterocycles. The minimum Gasteiger partial charge on any atom is -0.364 e. The van der Waals surface area contributed by atoms with E-state index < -0.39 is 0 Å². The van der Waals surface area contributed by atoms with Crippen LogP contribution in [0.2, 0.25) is 0 Å². The molecule has 0 spiro atoms. The highest BCUT2D eigenvalue weighted by atomic mass is 16.5. The summed E-state index contributed by atoms with van der Waals surface area (Å²) in [5.41, 5.74) is 3.34. The van der Waals surface area contributed by atoms with Crippen molar-refractivity contribution in [3.63, 3.8) is 0 Å². The van der Waals surface area contributed by atoms with Gasteiger partial charge in [-0.05, 0) is 25.0 Å². The number of hydrogen-bond donors (Lipinski definition) is 1. The van der Waals surface area contributed by atoms with Gasteiger partial charge >= 0.3 is 0 Å². The lowest BCUT2D eigenvalue weighted by Crippen LogP contribution is -2.24. The van der Waals surface area contributed by atoms with Gasteiger partial charge < -0.3 is 9.84 Å². The minimum atomic E-state index is -0.209. The monoisotopic (exact) mass is 230 g/mol. The van der Waals surface area contributed by atoms with Gasteiger partial charge in [0.25, 0.3) is 5.91 Å². The summed E-state index contributed by atoms with van der Waals surface area (Å²) in [6.45, 7) is 4.31. The Hall–Kier alpha value is -2.10. The van der Waals surface area contributed by atoms with Gasteiger partial charge in [-0.1, -0.05) is 29.4 Å². The predicted octanol–water partition coefficient (Wildman–Crippen LogP) is 2.22. The number of nitrogens with zero attached hydrogens (tertiary/aromatic N) is 1. The predicted molar refractivity (Wildman–Crippen MR) is 63.6 cm³/mol. The van der Waals surface area contributed by atoms with Crippen molar-refractivity contribution < 1.29 is 9.32 Å². The van der Waals surface area contributed by atoms with Crippen LogP contribution in [0.1, 0.15) is 27.2 Å². The van der Waals surface area contributed by atoms with Crippen molar-refractivity contribution in [3.8, 4) is 0 Å². The van der Waals surface area contributed by atoms with Crippen molar-refractivity contribution in [2.75, 3.05) is 0 Å². The zero-order chi connectivity index (χ0) is 12.3. The number of carbonyl (C=O) groups excluding carboxylic acids is 1. The van der Waals surface area contributed by atoms with Crippen LogP contribution in [-0.4, -0.2) is 11.1 Å². The molecule has 0 aliphatic carbocycles. The van der Waals surface area contributed by atoms with E-state index in [1.807, 2.05) is 31.2 Å². The molecular weight excluding hydrogens is 216 g/mol. The quantitative estimate of drug-likeness (QED) is 0.879. The number of amides is 1.